The van der Waals surface area contributed by atoms with Crippen molar-refractivity contribution in [2.75, 3.05) is 20.3 Å². The summed E-state index contributed by atoms with van der Waals surface area (Å²) in [7, 11) is 1.62. The molecular formula is C24H24N4O4S. The Hall–Kier alpha value is -3.59. The molecule has 0 aromatic heterocycles. The van der Waals surface area contributed by atoms with Gasteiger partial charge in [0.1, 0.15) is 35.5 Å². The van der Waals surface area contributed by atoms with Crippen molar-refractivity contribution in [2.45, 2.75) is 13.8 Å². The van der Waals surface area contributed by atoms with Crippen molar-refractivity contribution < 1.29 is 19.0 Å². The summed E-state index contributed by atoms with van der Waals surface area (Å²) in [6, 6.07) is 14.6. The van der Waals surface area contributed by atoms with Gasteiger partial charge < -0.3 is 14.2 Å². The molecular weight excluding hydrogens is 440 g/mol. The summed E-state index contributed by atoms with van der Waals surface area (Å²) in [4.78, 5) is 16.6. The van der Waals surface area contributed by atoms with Crippen molar-refractivity contribution in [3.8, 4) is 17.2 Å². The van der Waals surface area contributed by atoms with Crippen LogP contribution in [-0.2, 0) is 4.79 Å². The molecule has 0 saturated carbocycles. The first-order valence-corrected chi connectivity index (χ1v) is 11.3. The van der Waals surface area contributed by atoms with Gasteiger partial charge in [0.15, 0.2) is 5.84 Å². The third kappa shape index (κ3) is 5.25. The number of hydrazone groups is 1. The van der Waals surface area contributed by atoms with Crippen LogP contribution in [0.25, 0.3) is 6.08 Å². The minimum absolute atomic E-state index is 0.0316. The number of nitrogens with zero attached hydrogens (tertiary/aromatic N) is 3. The molecule has 1 N–H and O–H groups in total. The molecule has 0 radical (unpaired) electrons. The summed E-state index contributed by atoms with van der Waals surface area (Å²) >= 11 is 1.33. The van der Waals surface area contributed by atoms with Crippen LogP contribution in [0.3, 0.4) is 0 Å². The van der Waals surface area contributed by atoms with E-state index >= 15 is 0 Å². The van der Waals surface area contributed by atoms with Gasteiger partial charge in [-0.05, 0) is 59.8 Å². The Morgan fingerprint density at radius 2 is 1.58 bits per heavy atom. The number of amidine groups is 2. The number of nitrogens with one attached hydrogen (secondary N) is 1. The minimum atomic E-state index is -0.435. The van der Waals surface area contributed by atoms with Crippen LogP contribution in [0.15, 0.2) is 64.2 Å². The molecule has 2 aromatic rings. The van der Waals surface area contributed by atoms with Crippen molar-refractivity contribution in [1.29, 1.82) is 5.41 Å². The molecule has 4 rings (SSSR count). The molecule has 170 valence electrons. The maximum Gasteiger partial charge on any atom is 0.283 e. The van der Waals surface area contributed by atoms with E-state index in [0.29, 0.717) is 24.1 Å². The third-order valence-electron chi connectivity index (χ3n) is 4.84. The van der Waals surface area contributed by atoms with E-state index in [1.807, 2.05) is 62.4 Å². The Morgan fingerprint density at radius 3 is 2.15 bits per heavy atom. The van der Waals surface area contributed by atoms with Crippen molar-refractivity contribution in [3.05, 3.63) is 59.7 Å². The molecule has 33 heavy (non-hydrogen) atoms. The summed E-state index contributed by atoms with van der Waals surface area (Å²) in [5.74, 6) is 2.00. The van der Waals surface area contributed by atoms with Crippen molar-refractivity contribution >= 4 is 39.8 Å². The second kappa shape index (κ2) is 9.91. The molecule has 2 aliphatic rings. The van der Waals surface area contributed by atoms with Crippen LogP contribution in [0.2, 0.25) is 0 Å². The van der Waals surface area contributed by atoms with E-state index < -0.39 is 5.91 Å². The number of carbonyl (C=O) groups excluding carboxylic acids is 1. The molecule has 2 aliphatic heterocycles. The predicted molar refractivity (Wildman–Crippen MR) is 130 cm³/mol. The van der Waals surface area contributed by atoms with Crippen LogP contribution in [0.1, 0.15) is 19.4 Å². The Bertz CT molecular complexity index is 1140. The van der Waals surface area contributed by atoms with Crippen molar-refractivity contribution in [3.63, 3.8) is 0 Å². The number of aliphatic imine (C=N–C) groups is 1. The summed E-state index contributed by atoms with van der Waals surface area (Å²) in [5.41, 5.74) is 0.971. The quantitative estimate of drug-likeness (QED) is 0.459. The molecule has 9 heteroatoms. The van der Waals surface area contributed by atoms with Gasteiger partial charge in [0.2, 0.25) is 5.17 Å². The van der Waals surface area contributed by atoms with Gasteiger partial charge in [-0.15, -0.1) is 0 Å². The minimum Gasteiger partial charge on any atom is -0.497 e. The largest absolute Gasteiger partial charge is 0.497 e. The highest BCUT2D eigenvalue weighted by atomic mass is 32.2. The van der Waals surface area contributed by atoms with Crippen LogP contribution < -0.4 is 14.2 Å². The molecule has 0 unspecified atom stereocenters. The lowest BCUT2D eigenvalue weighted by atomic mass is 10.1. The van der Waals surface area contributed by atoms with Crippen LogP contribution in [-0.4, -0.2) is 47.3 Å². The summed E-state index contributed by atoms with van der Waals surface area (Å²) in [5, 5.41) is 15.6. The zero-order valence-corrected chi connectivity index (χ0v) is 19.4. The number of thioether (sulfide) groups is 1. The fourth-order valence-corrected chi connectivity index (χ4v) is 3.95. The fourth-order valence-electron chi connectivity index (χ4n) is 3.06. The number of hydrogen-bond donors (Lipinski definition) is 1. The number of ether oxygens (including phenoxy) is 3. The number of rotatable bonds is 8. The summed E-state index contributed by atoms with van der Waals surface area (Å²) in [6.07, 6.45) is 1.65. The van der Waals surface area contributed by atoms with E-state index in [2.05, 4.69) is 10.1 Å². The zero-order valence-electron chi connectivity index (χ0n) is 18.6. The first kappa shape index (κ1) is 22.6. The first-order chi connectivity index (χ1) is 15.9. The third-order valence-corrected chi connectivity index (χ3v) is 6.04. The lowest BCUT2D eigenvalue weighted by Gasteiger charge is -2.20. The highest BCUT2D eigenvalue weighted by Gasteiger charge is 2.36. The normalized spacial score (nSPS) is 16.6. The molecule has 2 heterocycles. The molecule has 0 aliphatic carbocycles. The van der Waals surface area contributed by atoms with E-state index in [9.17, 15) is 4.79 Å². The van der Waals surface area contributed by atoms with E-state index in [0.717, 1.165) is 22.1 Å². The lowest BCUT2D eigenvalue weighted by molar-refractivity contribution is -0.114. The molecule has 2 aromatic carbocycles. The Kier molecular flexibility index (Phi) is 6.79. The van der Waals surface area contributed by atoms with Crippen molar-refractivity contribution in [2.24, 2.45) is 16.0 Å². The van der Waals surface area contributed by atoms with E-state index in [1.165, 1.54) is 16.8 Å². The van der Waals surface area contributed by atoms with E-state index in [4.69, 9.17) is 19.6 Å². The van der Waals surface area contributed by atoms with Crippen LogP contribution in [0, 0.1) is 11.3 Å². The maximum absolute atomic E-state index is 12.5. The molecule has 0 fully saturated rings. The second-order valence-corrected chi connectivity index (χ2v) is 8.54. The Balaban J connectivity index is 1.34. The Labute approximate surface area is 196 Å². The zero-order chi connectivity index (χ0) is 23.4. The number of methoxy groups -OCH3 is 1. The molecule has 0 saturated heterocycles. The summed E-state index contributed by atoms with van der Waals surface area (Å²) < 4.78 is 16.5. The second-order valence-electron chi connectivity index (χ2n) is 7.55. The van der Waals surface area contributed by atoms with Gasteiger partial charge in [0.25, 0.3) is 5.91 Å². The highest BCUT2D eigenvalue weighted by molar-refractivity contribution is 8.27. The smallest absolute Gasteiger partial charge is 0.283 e. The van der Waals surface area contributed by atoms with Gasteiger partial charge in [-0.2, -0.15) is 15.1 Å². The standard InChI is InChI=1S/C24H24N4O4S/c1-15(2)23-27-28-21(25)20(22(29)26-24(28)33-23)14-16-4-6-18(7-5-16)31-12-13-32-19-10-8-17(30-3)9-11-19/h4-11,14-15,25H,12-13H2,1-3H3/b20-14-,25-21?. The van der Waals surface area contributed by atoms with Crippen molar-refractivity contribution in [1.82, 2.24) is 5.01 Å². The number of fused-ring (bicyclic) bond motifs is 1. The van der Waals surface area contributed by atoms with Crippen LogP contribution in [0.5, 0.6) is 17.2 Å². The van der Waals surface area contributed by atoms with Gasteiger partial charge >= 0.3 is 0 Å². The van der Waals surface area contributed by atoms with Gasteiger partial charge in [0, 0.05) is 5.92 Å². The SMILES string of the molecule is COc1ccc(OCCOc2ccc(/C=C3/C(=N)N4N=C(C(C)C)SC4=NC3=O)cc2)cc1. The number of benzene rings is 2. The van der Waals surface area contributed by atoms with Crippen LogP contribution in [0.4, 0.5) is 0 Å². The monoisotopic (exact) mass is 464 g/mol. The van der Waals surface area contributed by atoms with Gasteiger partial charge in [-0.1, -0.05) is 26.0 Å². The van der Waals surface area contributed by atoms with E-state index in [1.54, 1.807) is 13.2 Å². The molecule has 1 amide bonds. The number of amides is 1. The molecule has 0 spiro atoms. The molecule has 8 nitrogen and oxygen atoms in total. The fraction of sp³-hybridized carbons (Fsp3) is 0.250. The topological polar surface area (TPSA) is 96.6 Å². The first-order valence-electron chi connectivity index (χ1n) is 10.4. The average Bonchev–Trinajstić information content (AvgIpc) is 3.25. The van der Waals surface area contributed by atoms with E-state index in [-0.39, 0.29) is 17.3 Å². The highest BCUT2D eigenvalue weighted by Crippen LogP contribution is 2.30. The van der Waals surface area contributed by atoms with Gasteiger partial charge in [-0.3, -0.25) is 10.2 Å². The van der Waals surface area contributed by atoms with Crippen LogP contribution >= 0.6 is 11.8 Å². The lowest BCUT2D eigenvalue weighted by Crippen LogP contribution is -2.35. The number of carbonyl (C=O) groups is 1. The summed E-state index contributed by atoms with van der Waals surface area (Å²) in [6.45, 7) is 4.82. The average molecular weight is 465 g/mol. The molecule has 0 atom stereocenters. The predicted octanol–water partition coefficient (Wildman–Crippen LogP) is 4.43. The van der Waals surface area contributed by atoms with Gasteiger partial charge in [-0.25, -0.2) is 0 Å². The number of hydrogen-bond acceptors (Lipinski definition) is 7. The van der Waals surface area contributed by atoms with Gasteiger partial charge in [0.05, 0.1) is 12.7 Å². The molecule has 0 bridgehead atoms. The Morgan fingerprint density at radius 1 is 1.00 bits per heavy atom. The maximum atomic E-state index is 12.5.